The van der Waals surface area contributed by atoms with Crippen molar-refractivity contribution in [2.24, 2.45) is 0 Å². The summed E-state index contributed by atoms with van der Waals surface area (Å²) in [5.41, 5.74) is 1.14. The van der Waals surface area contributed by atoms with Gasteiger partial charge in [0.2, 0.25) is 5.91 Å². The third-order valence-corrected chi connectivity index (χ3v) is 2.52. The molecule has 0 saturated heterocycles. The van der Waals surface area contributed by atoms with Gasteiger partial charge in [-0.2, -0.15) is 0 Å². The molecule has 21 heavy (non-hydrogen) atoms. The summed E-state index contributed by atoms with van der Waals surface area (Å²) in [4.78, 5) is 22.9. The summed E-state index contributed by atoms with van der Waals surface area (Å²) in [6.07, 6.45) is 0. The second-order valence-electron chi connectivity index (χ2n) is 4.26. The van der Waals surface area contributed by atoms with Crippen LogP contribution in [0.15, 0.2) is 24.3 Å². The highest BCUT2D eigenvalue weighted by Gasteiger charge is 2.05. The quantitative estimate of drug-likeness (QED) is 0.626. The summed E-state index contributed by atoms with van der Waals surface area (Å²) in [5.74, 6) is -0.323. The Bertz CT molecular complexity index is 455. The molecule has 6 nitrogen and oxygen atoms in total. The van der Waals surface area contributed by atoms with Gasteiger partial charge in [0.05, 0.1) is 6.61 Å². The van der Waals surface area contributed by atoms with Gasteiger partial charge in [-0.3, -0.25) is 9.59 Å². The molecule has 1 aromatic rings. The summed E-state index contributed by atoms with van der Waals surface area (Å²) in [5, 5.41) is 8.58. The molecule has 7 heteroatoms. The highest BCUT2D eigenvalue weighted by Crippen LogP contribution is 2.10. The standard InChI is InChI=1S/C14H21N3O3.ClH/c1-11(18)17-13-5-3-4-12(10-13)14(19)16-7-6-15-8-9-20-2;/h3-5,10,15H,6-9H2,1-2H3,(H,16,19)(H,17,18);1H. The zero-order chi connectivity index (χ0) is 14.8. The molecule has 0 atom stereocenters. The van der Waals surface area contributed by atoms with Gasteiger partial charge in [-0.15, -0.1) is 12.4 Å². The maximum atomic E-state index is 11.9. The average Bonchev–Trinajstić information content (AvgIpc) is 2.42. The molecule has 0 aliphatic heterocycles. The van der Waals surface area contributed by atoms with E-state index < -0.39 is 0 Å². The zero-order valence-electron chi connectivity index (χ0n) is 12.3. The molecule has 0 fully saturated rings. The van der Waals surface area contributed by atoms with Crippen molar-refractivity contribution in [3.8, 4) is 0 Å². The first-order valence-corrected chi connectivity index (χ1v) is 6.49. The molecule has 0 heterocycles. The Morgan fingerprint density at radius 3 is 2.62 bits per heavy atom. The minimum absolute atomic E-state index is 0. The molecule has 0 saturated carbocycles. The SMILES string of the molecule is COCCNCCNC(=O)c1cccc(NC(C)=O)c1.Cl. The number of benzene rings is 1. The maximum absolute atomic E-state index is 11.9. The Kier molecular flexibility index (Phi) is 10.2. The normalized spacial score (nSPS) is 9.62. The van der Waals surface area contributed by atoms with E-state index in [0.717, 1.165) is 6.54 Å². The number of carbonyl (C=O) groups is 2. The molecule has 0 radical (unpaired) electrons. The number of methoxy groups -OCH3 is 1. The highest BCUT2D eigenvalue weighted by molar-refractivity contribution is 5.96. The van der Waals surface area contributed by atoms with E-state index in [1.165, 1.54) is 6.92 Å². The fraction of sp³-hybridized carbons (Fsp3) is 0.429. The van der Waals surface area contributed by atoms with Gasteiger partial charge in [0.15, 0.2) is 0 Å². The van der Waals surface area contributed by atoms with Gasteiger partial charge in [-0.05, 0) is 18.2 Å². The largest absolute Gasteiger partial charge is 0.383 e. The number of anilines is 1. The topological polar surface area (TPSA) is 79.5 Å². The molecular weight excluding hydrogens is 294 g/mol. The van der Waals surface area contributed by atoms with Gasteiger partial charge in [0, 0.05) is 44.9 Å². The Hall–Kier alpha value is -1.63. The summed E-state index contributed by atoms with van der Waals surface area (Å²) in [7, 11) is 1.64. The van der Waals surface area contributed by atoms with Crippen molar-refractivity contribution >= 4 is 29.9 Å². The van der Waals surface area contributed by atoms with E-state index in [4.69, 9.17) is 4.74 Å². The molecule has 0 aromatic heterocycles. The van der Waals surface area contributed by atoms with Crippen LogP contribution in [0.1, 0.15) is 17.3 Å². The highest BCUT2D eigenvalue weighted by atomic mass is 35.5. The van der Waals surface area contributed by atoms with E-state index in [-0.39, 0.29) is 24.2 Å². The van der Waals surface area contributed by atoms with E-state index in [9.17, 15) is 9.59 Å². The van der Waals surface area contributed by atoms with Crippen LogP contribution in [0.25, 0.3) is 0 Å². The van der Waals surface area contributed by atoms with Gasteiger partial charge in [-0.25, -0.2) is 0 Å². The number of amides is 2. The van der Waals surface area contributed by atoms with Crippen molar-refractivity contribution in [2.45, 2.75) is 6.92 Å². The Balaban J connectivity index is 0.00000400. The lowest BCUT2D eigenvalue weighted by Crippen LogP contribution is -2.33. The lowest BCUT2D eigenvalue weighted by atomic mass is 10.2. The van der Waals surface area contributed by atoms with Gasteiger partial charge in [0.25, 0.3) is 5.91 Å². The van der Waals surface area contributed by atoms with Crippen LogP contribution in [0.2, 0.25) is 0 Å². The van der Waals surface area contributed by atoms with Crippen LogP contribution >= 0.6 is 12.4 Å². The summed E-state index contributed by atoms with van der Waals surface area (Å²) in [6, 6.07) is 6.83. The van der Waals surface area contributed by atoms with Crippen LogP contribution < -0.4 is 16.0 Å². The number of hydrogen-bond donors (Lipinski definition) is 3. The number of nitrogens with one attached hydrogen (secondary N) is 3. The van der Waals surface area contributed by atoms with Gasteiger partial charge in [-0.1, -0.05) is 6.07 Å². The van der Waals surface area contributed by atoms with Crippen molar-refractivity contribution in [1.29, 1.82) is 0 Å². The maximum Gasteiger partial charge on any atom is 0.251 e. The molecule has 1 aromatic carbocycles. The fourth-order valence-electron chi connectivity index (χ4n) is 1.61. The van der Waals surface area contributed by atoms with Crippen LogP contribution in [0.4, 0.5) is 5.69 Å². The first-order chi connectivity index (χ1) is 9.63. The zero-order valence-corrected chi connectivity index (χ0v) is 13.1. The van der Waals surface area contributed by atoms with Crippen molar-refractivity contribution in [1.82, 2.24) is 10.6 Å². The summed E-state index contributed by atoms with van der Waals surface area (Å²) < 4.78 is 4.90. The Morgan fingerprint density at radius 1 is 1.19 bits per heavy atom. The van der Waals surface area contributed by atoms with Crippen molar-refractivity contribution in [2.75, 3.05) is 38.7 Å². The Morgan fingerprint density at radius 2 is 1.95 bits per heavy atom. The number of carbonyl (C=O) groups excluding carboxylic acids is 2. The van der Waals surface area contributed by atoms with E-state index >= 15 is 0 Å². The molecule has 118 valence electrons. The van der Waals surface area contributed by atoms with Gasteiger partial charge in [0.1, 0.15) is 0 Å². The number of halogens is 1. The molecule has 3 N–H and O–H groups in total. The van der Waals surface area contributed by atoms with E-state index in [1.54, 1.807) is 31.4 Å². The molecule has 0 bridgehead atoms. The van der Waals surface area contributed by atoms with Crippen molar-refractivity contribution < 1.29 is 14.3 Å². The molecule has 0 unspecified atom stereocenters. The average molecular weight is 316 g/mol. The number of rotatable bonds is 8. The lowest BCUT2D eigenvalue weighted by Gasteiger charge is -2.08. The molecule has 1 rings (SSSR count). The molecule has 0 spiro atoms. The molecular formula is C14H22ClN3O3. The summed E-state index contributed by atoms with van der Waals surface area (Å²) in [6.45, 7) is 4.04. The second-order valence-corrected chi connectivity index (χ2v) is 4.26. The lowest BCUT2D eigenvalue weighted by molar-refractivity contribution is -0.114. The number of ether oxygens (including phenoxy) is 1. The van der Waals surface area contributed by atoms with Crippen LogP contribution in [0.5, 0.6) is 0 Å². The van der Waals surface area contributed by atoms with E-state index in [2.05, 4.69) is 16.0 Å². The smallest absolute Gasteiger partial charge is 0.251 e. The Labute approximate surface area is 131 Å². The van der Waals surface area contributed by atoms with E-state index in [0.29, 0.717) is 30.9 Å². The van der Waals surface area contributed by atoms with Crippen LogP contribution in [-0.2, 0) is 9.53 Å². The first-order valence-electron chi connectivity index (χ1n) is 6.49. The third-order valence-electron chi connectivity index (χ3n) is 2.52. The fourth-order valence-corrected chi connectivity index (χ4v) is 1.61. The monoisotopic (exact) mass is 315 g/mol. The summed E-state index contributed by atoms with van der Waals surface area (Å²) >= 11 is 0. The van der Waals surface area contributed by atoms with Crippen LogP contribution in [0, 0.1) is 0 Å². The van der Waals surface area contributed by atoms with Crippen LogP contribution in [0.3, 0.4) is 0 Å². The van der Waals surface area contributed by atoms with Gasteiger partial charge < -0.3 is 20.7 Å². The van der Waals surface area contributed by atoms with Crippen molar-refractivity contribution in [3.05, 3.63) is 29.8 Å². The van der Waals surface area contributed by atoms with E-state index in [1.807, 2.05) is 0 Å². The minimum Gasteiger partial charge on any atom is -0.383 e. The van der Waals surface area contributed by atoms with Gasteiger partial charge >= 0.3 is 0 Å². The third kappa shape index (κ3) is 8.29. The minimum atomic E-state index is -0.162. The molecule has 0 aliphatic carbocycles. The van der Waals surface area contributed by atoms with Crippen LogP contribution in [-0.4, -0.2) is 45.2 Å². The molecule has 0 aliphatic rings. The predicted octanol–water partition coefficient (Wildman–Crippen LogP) is 1.03. The number of hydrogen-bond acceptors (Lipinski definition) is 4. The van der Waals surface area contributed by atoms with Crippen molar-refractivity contribution in [3.63, 3.8) is 0 Å². The molecule has 2 amide bonds. The first kappa shape index (κ1) is 19.4. The predicted molar refractivity (Wildman–Crippen MR) is 85.1 cm³/mol. The second kappa shape index (κ2) is 11.1.